The van der Waals surface area contributed by atoms with E-state index in [9.17, 15) is 4.79 Å². The summed E-state index contributed by atoms with van der Waals surface area (Å²) in [6, 6.07) is 14.5. The Morgan fingerprint density at radius 2 is 1.89 bits per heavy atom. The molecule has 144 valence electrons. The van der Waals surface area contributed by atoms with Gasteiger partial charge in [0.05, 0.1) is 11.4 Å². The van der Waals surface area contributed by atoms with Crippen molar-refractivity contribution in [2.75, 3.05) is 30.7 Å². The van der Waals surface area contributed by atoms with Crippen LogP contribution in [0.25, 0.3) is 0 Å². The van der Waals surface area contributed by atoms with Crippen LogP contribution in [0.1, 0.15) is 37.6 Å². The van der Waals surface area contributed by atoms with Crippen LogP contribution in [0, 0.1) is 5.41 Å². The molecular formula is C22H29N3O2. The molecule has 0 radical (unpaired) electrons. The van der Waals surface area contributed by atoms with E-state index < -0.39 is 0 Å². The number of nitrogen functional groups attached to an aromatic ring is 1. The molecule has 2 aromatic rings. The molecule has 3 rings (SSSR count). The molecule has 1 aliphatic rings. The molecule has 1 atom stereocenters. The molecule has 3 N–H and O–H groups in total. The number of rotatable bonds is 5. The SMILES string of the molecule is CC(C)(C)CN1CC[C@H](Oc2ccc(C(=O)Nc3ccccc3N)cc2)C1. The first-order valence-electron chi connectivity index (χ1n) is 9.45. The monoisotopic (exact) mass is 367 g/mol. The third-order valence-corrected chi connectivity index (χ3v) is 4.56. The number of ether oxygens (including phenoxy) is 1. The number of nitrogens with one attached hydrogen (secondary N) is 1. The highest BCUT2D eigenvalue weighted by Gasteiger charge is 2.27. The Morgan fingerprint density at radius 1 is 1.19 bits per heavy atom. The molecule has 0 saturated carbocycles. The van der Waals surface area contributed by atoms with Gasteiger partial charge in [0.2, 0.25) is 0 Å². The largest absolute Gasteiger partial charge is 0.489 e. The van der Waals surface area contributed by atoms with Crippen molar-refractivity contribution in [1.82, 2.24) is 4.90 Å². The highest BCUT2D eigenvalue weighted by Crippen LogP contribution is 2.23. The molecule has 2 aromatic carbocycles. The maximum absolute atomic E-state index is 12.4. The Hall–Kier alpha value is -2.53. The van der Waals surface area contributed by atoms with Crippen LogP contribution in [0.15, 0.2) is 48.5 Å². The maximum atomic E-state index is 12.4. The summed E-state index contributed by atoms with van der Waals surface area (Å²) in [6.45, 7) is 9.87. The minimum atomic E-state index is -0.184. The summed E-state index contributed by atoms with van der Waals surface area (Å²) in [5.41, 5.74) is 7.91. The topological polar surface area (TPSA) is 67.6 Å². The number of benzene rings is 2. The van der Waals surface area contributed by atoms with Gasteiger partial charge < -0.3 is 15.8 Å². The van der Waals surface area contributed by atoms with Crippen LogP contribution in [0.3, 0.4) is 0 Å². The van der Waals surface area contributed by atoms with Gasteiger partial charge in [0.1, 0.15) is 11.9 Å². The van der Waals surface area contributed by atoms with Crippen molar-refractivity contribution in [3.8, 4) is 5.75 Å². The second-order valence-corrected chi connectivity index (χ2v) is 8.39. The Labute approximate surface area is 161 Å². The predicted molar refractivity (Wildman–Crippen MR) is 110 cm³/mol. The van der Waals surface area contributed by atoms with Crippen molar-refractivity contribution in [3.05, 3.63) is 54.1 Å². The lowest BCUT2D eigenvalue weighted by atomic mass is 9.96. The molecule has 1 fully saturated rings. The van der Waals surface area contributed by atoms with Gasteiger partial charge in [-0.2, -0.15) is 0 Å². The Balaban J connectivity index is 1.55. The molecule has 1 amide bonds. The molecule has 27 heavy (non-hydrogen) atoms. The van der Waals surface area contributed by atoms with E-state index in [1.807, 2.05) is 24.3 Å². The normalized spacial score (nSPS) is 17.7. The van der Waals surface area contributed by atoms with Gasteiger partial charge in [-0.1, -0.05) is 32.9 Å². The zero-order chi connectivity index (χ0) is 19.4. The standard InChI is InChI=1S/C22H29N3O2/c1-22(2,3)15-25-13-12-18(14-25)27-17-10-8-16(9-11-17)21(26)24-20-7-5-4-6-19(20)23/h4-11,18H,12-15,23H2,1-3H3,(H,24,26)/t18-/m0/s1. The molecule has 1 aliphatic heterocycles. The van der Waals surface area contributed by atoms with Gasteiger partial charge in [0.15, 0.2) is 0 Å². The zero-order valence-electron chi connectivity index (χ0n) is 16.4. The van der Waals surface area contributed by atoms with Crippen LogP contribution < -0.4 is 15.8 Å². The third kappa shape index (κ3) is 5.47. The van der Waals surface area contributed by atoms with Gasteiger partial charge in [-0.3, -0.25) is 9.69 Å². The first-order chi connectivity index (χ1) is 12.8. The van der Waals surface area contributed by atoms with E-state index in [2.05, 4.69) is 31.0 Å². The Kier molecular flexibility index (Phi) is 5.71. The van der Waals surface area contributed by atoms with E-state index in [-0.39, 0.29) is 12.0 Å². The molecule has 0 spiro atoms. The van der Waals surface area contributed by atoms with Crippen molar-refractivity contribution in [1.29, 1.82) is 0 Å². The van der Waals surface area contributed by atoms with Crippen molar-refractivity contribution >= 4 is 17.3 Å². The van der Waals surface area contributed by atoms with Gasteiger partial charge in [0, 0.05) is 25.2 Å². The number of nitrogens with two attached hydrogens (primary N) is 1. The van der Waals surface area contributed by atoms with Crippen molar-refractivity contribution in [2.45, 2.75) is 33.3 Å². The average molecular weight is 367 g/mol. The van der Waals surface area contributed by atoms with Gasteiger partial charge >= 0.3 is 0 Å². The predicted octanol–water partition coefficient (Wildman–Crippen LogP) is 4.02. The van der Waals surface area contributed by atoms with Crippen molar-refractivity contribution in [2.24, 2.45) is 5.41 Å². The number of amides is 1. The Bertz CT molecular complexity index is 781. The summed E-state index contributed by atoms with van der Waals surface area (Å²) >= 11 is 0. The summed E-state index contributed by atoms with van der Waals surface area (Å²) < 4.78 is 6.10. The maximum Gasteiger partial charge on any atom is 0.255 e. The van der Waals surface area contributed by atoms with Gasteiger partial charge in [-0.05, 0) is 48.2 Å². The van der Waals surface area contributed by atoms with Crippen LogP contribution in [0.2, 0.25) is 0 Å². The summed E-state index contributed by atoms with van der Waals surface area (Å²) in [5, 5.41) is 2.84. The molecule has 1 saturated heterocycles. The second kappa shape index (κ2) is 8.01. The van der Waals surface area contributed by atoms with Crippen LogP contribution in [-0.4, -0.2) is 36.5 Å². The fourth-order valence-corrected chi connectivity index (χ4v) is 3.39. The van der Waals surface area contributed by atoms with Crippen LogP contribution >= 0.6 is 0 Å². The van der Waals surface area contributed by atoms with E-state index in [4.69, 9.17) is 10.5 Å². The zero-order valence-corrected chi connectivity index (χ0v) is 16.4. The molecule has 0 unspecified atom stereocenters. The minimum Gasteiger partial charge on any atom is -0.489 e. The van der Waals surface area contributed by atoms with Crippen molar-refractivity contribution < 1.29 is 9.53 Å². The fraction of sp³-hybridized carbons (Fsp3) is 0.409. The molecule has 0 aromatic heterocycles. The number of carbonyl (C=O) groups excluding carboxylic acids is 1. The van der Waals surface area contributed by atoms with Crippen LogP contribution in [0.4, 0.5) is 11.4 Å². The number of hydrogen-bond donors (Lipinski definition) is 2. The average Bonchev–Trinajstić information content (AvgIpc) is 3.02. The summed E-state index contributed by atoms with van der Waals surface area (Å²) in [6.07, 6.45) is 1.24. The van der Waals surface area contributed by atoms with E-state index in [0.29, 0.717) is 22.4 Å². The highest BCUT2D eigenvalue weighted by molar-refractivity contribution is 6.05. The van der Waals surface area contributed by atoms with E-state index in [1.165, 1.54) is 0 Å². The lowest BCUT2D eigenvalue weighted by molar-refractivity contribution is 0.102. The fourth-order valence-electron chi connectivity index (χ4n) is 3.39. The van der Waals surface area contributed by atoms with E-state index >= 15 is 0 Å². The number of anilines is 2. The molecular weight excluding hydrogens is 338 g/mol. The van der Waals surface area contributed by atoms with Gasteiger partial charge in [-0.15, -0.1) is 0 Å². The number of carbonyl (C=O) groups is 1. The van der Waals surface area contributed by atoms with E-state index in [0.717, 1.165) is 31.8 Å². The first-order valence-corrected chi connectivity index (χ1v) is 9.45. The van der Waals surface area contributed by atoms with Gasteiger partial charge in [-0.25, -0.2) is 0 Å². The molecule has 5 nitrogen and oxygen atoms in total. The summed E-state index contributed by atoms with van der Waals surface area (Å²) in [7, 11) is 0. The number of likely N-dealkylation sites (tertiary alicyclic amines) is 1. The second-order valence-electron chi connectivity index (χ2n) is 8.39. The smallest absolute Gasteiger partial charge is 0.255 e. The number of hydrogen-bond acceptors (Lipinski definition) is 4. The van der Waals surface area contributed by atoms with Crippen LogP contribution in [0.5, 0.6) is 5.75 Å². The molecule has 1 heterocycles. The molecule has 0 aliphatic carbocycles. The van der Waals surface area contributed by atoms with Crippen LogP contribution in [-0.2, 0) is 0 Å². The van der Waals surface area contributed by atoms with Gasteiger partial charge in [0.25, 0.3) is 5.91 Å². The first kappa shape index (κ1) is 19.2. The lowest BCUT2D eigenvalue weighted by Gasteiger charge is -2.26. The minimum absolute atomic E-state index is 0.184. The van der Waals surface area contributed by atoms with Crippen molar-refractivity contribution in [3.63, 3.8) is 0 Å². The number of nitrogens with zero attached hydrogens (tertiary/aromatic N) is 1. The summed E-state index contributed by atoms with van der Waals surface area (Å²) in [4.78, 5) is 14.8. The highest BCUT2D eigenvalue weighted by atomic mass is 16.5. The van der Waals surface area contributed by atoms with E-state index in [1.54, 1.807) is 24.3 Å². The molecule has 5 heteroatoms. The molecule has 0 bridgehead atoms. The lowest BCUT2D eigenvalue weighted by Crippen LogP contribution is -2.32. The number of para-hydroxylation sites is 2. The quantitative estimate of drug-likeness (QED) is 0.783. The third-order valence-electron chi connectivity index (χ3n) is 4.56. The summed E-state index contributed by atoms with van der Waals surface area (Å²) in [5.74, 6) is 0.616. The Morgan fingerprint density at radius 3 is 2.56 bits per heavy atom.